The summed E-state index contributed by atoms with van der Waals surface area (Å²) >= 11 is 0. The second-order valence-electron chi connectivity index (χ2n) is 10.2. The van der Waals surface area contributed by atoms with Crippen molar-refractivity contribution in [2.75, 3.05) is 0 Å². The third-order valence-corrected chi connectivity index (χ3v) is 8.93. The Morgan fingerprint density at radius 1 is 1.11 bits per heavy atom. The third-order valence-electron chi connectivity index (χ3n) is 8.93. The number of carbonyl (C=O) groups excluding carboxylic acids is 2. The van der Waals surface area contributed by atoms with Gasteiger partial charge in [-0.3, -0.25) is 9.59 Å². The topological polar surface area (TPSA) is 94.8 Å². The second kappa shape index (κ2) is 5.98. The van der Waals surface area contributed by atoms with Gasteiger partial charge in [0.2, 0.25) is 5.78 Å². The quantitative estimate of drug-likeness (QED) is 0.644. The Morgan fingerprint density at radius 2 is 1.81 bits per heavy atom. The van der Waals surface area contributed by atoms with Crippen LogP contribution in [-0.2, 0) is 9.59 Å². The Balaban J connectivity index is 1.67. The Morgan fingerprint density at radius 3 is 2.48 bits per heavy atom. The van der Waals surface area contributed by atoms with Crippen molar-refractivity contribution in [3.63, 3.8) is 0 Å². The fourth-order valence-corrected chi connectivity index (χ4v) is 7.65. The molecule has 4 aliphatic rings. The van der Waals surface area contributed by atoms with Gasteiger partial charge in [-0.25, -0.2) is 0 Å². The number of ketones is 2. The molecule has 0 radical (unpaired) electrons. The molecule has 4 rings (SSSR count). The summed E-state index contributed by atoms with van der Waals surface area (Å²) in [6.07, 6.45) is 7.84. The lowest BCUT2D eigenvalue weighted by Gasteiger charge is -2.59. The monoisotopic (exact) mass is 376 g/mol. The molecule has 0 amide bonds. The summed E-state index contributed by atoms with van der Waals surface area (Å²) in [7, 11) is 0. The predicted octanol–water partition coefficient (Wildman–Crippen LogP) is 2.58. The van der Waals surface area contributed by atoms with Crippen LogP contribution in [0.25, 0.3) is 0 Å². The first kappa shape index (κ1) is 19.3. The van der Waals surface area contributed by atoms with E-state index in [1.54, 1.807) is 0 Å². The molecular formula is C22H32O5. The maximum Gasteiger partial charge on any atom is 0.339 e. The molecule has 3 saturated carbocycles. The molecular weight excluding hydrogens is 344 g/mol. The summed E-state index contributed by atoms with van der Waals surface area (Å²) in [6, 6.07) is 0. The molecule has 5 heteroatoms. The number of hydrogen-bond donors (Lipinski definition) is 3. The molecule has 0 aromatic rings. The molecule has 150 valence electrons. The molecule has 0 bridgehead atoms. The lowest BCUT2D eigenvalue weighted by atomic mass is 9.45. The maximum atomic E-state index is 12.5. The zero-order valence-corrected chi connectivity index (χ0v) is 16.6. The van der Waals surface area contributed by atoms with Crippen molar-refractivity contribution in [3.8, 4) is 0 Å². The molecule has 0 aliphatic heterocycles. The van der Waals surface area contributed by atoms with Gasteiger partial charge in [0, 0.05) is 12.3 Å². The summed E-state index contributed by atoms with van der Waals surface area (Å²) in [4.78, 5) is 24.5. The number of carbonyl (C=O) groups is 2. The van der Waals surface area contributed by atoms with E-state index in [2.05, 4.69) is 20.8 Å². The van der Waals surface area contributed by atoms with Gasteiger partial charge in [0.25, 0.3) is 0 Å². The Bertz CT molecular complexity index is 704. The van der Waals surface area contributed by atoms with E-state index in [0.29, 0.717) is 36.5 Å². The van der Waals surface area contributed by atoms with Crippen LogP contribution in [-0.4, -0.2) is 32.9 Å². The van der Waals surface area contributed by atoms with Crippen LogP contribution in [0.4, 0.5) is 0 Å². The van der Waals surface area contributed by atoms with Crippen LogP contribution in [0.1, 0.15) is 65.7 Å². The van der Waals surface area contributed by atoms with Gasteiger partial charge in [-0.1, -0.05) is 26.3 Å². The van der Waals surface area contributed by atoms with E-state index in [1.807, 2.05) is 6.08 Å². The van der Waals surface area contributed by atoms with Crippen LogP contribution in [0.5, 0.6) is 0 Å². The van der Waals surface area contributed by atoms with Gasteiger partial charge in [0.1, 0.15) is 0 Å². The van der Waals surface area contributed by atoms with Gasteiger partial charge >= 0.3 is 5.97 Å². The van der Waals surface area contributed by atoms with E-state index in [9.17, 15) is 24.9 Å². The molecule has 0 aromatic heterocycles. The Hall–Kier alpha value is -1.04. The molecule has 5 nitrogen and oxygen atoms in total. The van der Waals surface area contributed by atoms with Crippen molar-refractivity contribution in [2.24, 2.45) is 40.4 Å². The van der Waals surface area contributed by atoms with Gasteiger partial charge in [-0.2, -0.15) is 0 Å². The van der Waals surface area contributed by atoms with Gasteiger partial charge in [-0.05, 0) is 79.1 Å². The fraction of sp³-hybridized carbons (Fsp3) is 0.818. The highest BCUT2D eigenvalue weighted by Crippen LogP contribution is 2.67. The average molecular weight is 376 g/mol. The van der Waals surface area contributed by atoms with E-state index in [0.717, 1.165) is 32.1 Å². The molecule has 0 spiro atoms. The zero-order chi connectivity index (χ0) is 19.8. The Kier molecular flexibility index (Phi) is 4.27. The minimum atomic E-state index is -3.23. The second-order valence-corrected chi connectivity index (χ2v) is 10.2. The molecule has 27 heavy (non-hydrogen) atoms. The van der Waals surface area contributed by atoms with Crippen molar-refractivity contribution in [1.29, 1.82) is 0 Å². The highest BCUT2D eigenvalue weighted by atomic mass is 16.7. The molecule has 3 fully saturated rings. The summed E-state index contributed by atoms with van der Waals surface area (Å²) < 4.78 is 0. The van der Waals surface area contributed by atoms with Gasteiger partial charge in [0.15, 0.2) is 5.78 Å². The number of Topliss-reactive ketones (excluding diaryl/α,β-unsaturated/α-hetero) is 1. The molecule has 0 unspecified atom stereocenters. The van der Waals surface area contributed by atoms with E-state index < -0.39 is 17.7 Å². The minimum absolute atomic E-state index is 0.0639. The van der Waals surface area contributed by atoms with Crippen molar-refractivity contribution in [1.82, 2.24) is 0 Å². The highest BCUT2D eigenvalue weighted by Gasteiger charge is 2.62. The molecule has 3 N–H and O–H groups in total. The predicted molar refractivity (Wildman–Crippen MR) is 99.1 cm³/mol. The fourth-order valence-electron chi connectivity index (χ4n) is 7.65. The van der Waals surface area contributed by atoms with Crippen LogP contribution in [0.15, 0.2) is 11.6 Å². The van der Waals surface area contributed by atoms with E-state index in [4.69, 9.17) is 0 Å². The zero-order valence-electron chi connectivity index (χ0n) is 16.6. The largest absolute Gasteiger partial charge is 0.339 e. The summed E-state index contributed by atoms with van der Waals surface area (Å²) in [5.74, 6) is -2.60. The van der Waals surface area contributed by atoms with Crippen LogP contribution in [0.2, 0.25) is 0 Å². The first-order valence-electron chi connectivity index (χ1n) is 10.4. The Labute approximate surface area is 160 Å². The third kappa shape index (κ3) is 2.69. The molecule has 7 atom stereocenters. The lowest BCUT2D eigenvalue weighted by Crippen LogP contribution is -2.54. The van der Waals surface area contributed by atoms with Crippen molar-refractivity contribution < 1.29 is 24.9 Å². The summed E-state index contributed by atoms with van der Waals surface area (Å²) in [6.45, 7) is 6.67. The standard InChI is InChI=1S/C22H32O5/c1-12-10-14-15-4-5-17(19(24)22(25,26)27)20(15,2)9-7-16(14)21(3)8-6-13(23)11-18(12)21/h11-12,14-17,25-27H,4-10H2,1-3H3/t12-,14+,15+,16+,17-,20+,21-/m1/s1. The van der Waals surface area contributed by atoms with E-state index in [-0.39, 0.29) is 16.6 Å². The average Bonchev–Trinajstić information content (AvgIpc) is 2.92. The van der Waals surface area contributed by atoms with Crippen molar-refractivity contribution in [2.45, 2.75) is 71.7 Å². The van der Waals surface area contributed by atoms with Crippen LogP contribution < -0.4 is 0 Å². The maximum absolute atomic E-state index is 12.5. The molecule has 0 saturated heterocycles. The summed E-state index contributed by atoms with van der Waals surface area (Å²) in [5, 5.41) is 28.4. The van der Waals surface area contributed by atoms with E-state index >= 15 is 0 Å². The lowest BCUT2D eigenvalue weighted by molar-refractivity contribution is -0.291. The number of rotatable bonds is 2. The van der Waals surface area contributed by atoms with Crippen molar-refractivity contribution >= 4 is 11.6 Å². The number of allylic oxidation sites excluding steroid dienone is 1. The minimum Gasteiger partial charge on any atom is -0.337 e. The molecule has 4 aliphatic carbocycles. The van der Waals surface area contributed by atoms with Crippen LogP contribution >= 0.6 is 0 Å². The number of fused-ring (bicyclic) bond motifs is 5. The van der Waals surface area contributed by atoms with Gasteiger partial charge in [0.05, 0.1) is 0 Å². The van der Waals surface area contributed by atoms with E-state index in [1.165, 1.54) is 5.57 Å². The van der Waals surface area contributed by atoms with Crippen LogP contribution in [0.3, 0.4) is 0 Å². The van der Waals surface area contributed by atoms with Gasteiger partial charge < -0.3 is 15.3 Å². The smallest absolute Gasteiger partial charge is 0.337 e. The highest BCUT2D eigenvalue weighted by molar-refractivity contribution is 5.91. The van der Waals surface area contributed by atoms with Gasteiger partial charge in [-0.15, -0.1) is 0 Å². The molecule has 0 heterocycles. The molecule has 0 aromatic carbocycles. The normalized spacial score (nSPS) is 47.0. The number of aliphatic hydroxyl groups is 3. The SMILES string of the molecule is C[C@@H]1C[C@H]2[C@@H]3CC[C@H](C(=O)C(O)(O)O)[C@@]3(C)CC[C@@H]2[C@@]2(C)CCC(=O)C=C12. The van der Waals surface area contributed by atoms with Crippen LogP contribution in [0, 0.1) is 40.4 Å². The first-order chi connectivity index (χ1) is 12.5. The summed E-state index contributed by atoms with van der Waals surface area (Å²) in [5.41, 5.74) is 1.10. The van der Waals surface area contributed by atoms with Crippen molar-refractivity contribution in [3.05, 3.63) is 11.6 Å². The first-order valence-corrected chi connectivity index (χ1v) is 10.4. The number of hydrogen-bond acceptors (Lipinski definition) is 5.